The Balaban J connectivity index is 2.10. The molecule has 4 nitrogen and oxygen atoms in total. The van der Waals surface area contributed by atoms with Crippen molar-refractivity contribution in [2.24, 2.45) is 0 Å². The molecule has 0 aromatic carbocycles. The van der Waals surface area contributed by atoms with E-state index in [4.69, 9.17) is 5.11 Å². The standard InChI is InChI=1S/C7H10F3NO3/c8-7(9,10)4-14-3-6(13)11-1-5(12)2-11/h5,12H,1-4H2. The second kappa shape index (κ2) is 4.14. The average molecular weight is 213 g/mol. The van der Waals surface area contributed by atoms with Crippen LogP contribution in [0.1, 0.15) is 0 Å². The van der Waals surface area contributed by atoms with Gasteiger partial charge in [0.1, 0.15) is 13.2 Å². The molecule has 0 atom stereocenters. The Morgan fingerprint density at radius 3 is 2.50 bits per heavy atom. The number of aliphatic hydroxyl groups excluding tert-OH is 1. The Labute approximate surface area is 78.2 Å². The molecular formula is C7H10F3NO3. The van der Waals surface area contributed by atoms with Crippen LogP contribution in [-0.4, -0.2) is 54.5 Å². The lowest BCUT2D eigenvalue weighted by Crippen LogP contribution is -2.54. The van der Waals surface area contributed by atoms with E-state index < -0.39 is 31.4 Å². The summed E-state index contributed by atoms with van der Waals surface area (Å²) in [7, 11) is 0. The second-order valence-electron chi connectivity index (χ2n) is 3.06. The summed E-state index contributed by atoms with van der Waals surface area (Å²) in [5.41, 5.74) is 0. The average Bonchev–Trinajstić information content (AvgIpc) is 1.96. The van der Waals surface area contributed by atoms with E-state index in [-0.39, 0.29) is 13.1 Å². The lowest BCUT2D eigenvalue weighted by molar-refractivity contribution is -0.180. The Hall–Kier alpha value is -0.820. The van der Waals surface area contributed by atoms with Crippen LogP contribution in [0, 0.1) is 0 Å². The molecule has 1 heterocycles. The molecule has 7 heteroatoms. The van der Waals surface area contributed by atoms with Crippen molar-refractivity contribution in [1.82, 2.24) is 4.90 Å². The molecule has 1 aliphatic rings. The van der Waals surface area contributed by atoms with Gasteiger partial charge >= 0.3 is 6.18 Å². The van der Waals surface area contributed by atoms with Gasteiger partial charge in [-0.2, -0.15) is 13.2 Å². The third-order valence-electron chi connectivity index (χ3n) is 1.71. The molecule has 1 rings (SSSR count). The first-order valence-corrected chi connectivity index (χ1v) is 3.99. The van der Waals surface area contributed by atoms with Gasteiger partial charge < -0.3 is 14.7 Å². The monoisotopic (exact) mass is 213 g/mol. The van der Waals surface area contributed by atoms with Crippen LogP contribution < -0.4 is 0 Å². The molecule has 0 spiro atoms. The van der Waals surface area contributed by atoms with Crippen molar-refractivity contribution in [1.29, 1.82) is 0 Å². The van der Waals surface area contributed by atoms with Crippen LogP contribution in [0.4, 0.5) is 13.2 Å². The zero-order chi connectivity index (χ0) is 10.8. The first-order chi connectivity index (χ1) is 6.38. The third kappa shape index (κ3) is 3.51. The summed E-state index contributed by atoms with van der Waals surface area (Å²) in [6, 6.07) is 0. The van der Waals surface area contributed by atoms with Gasteiger partial charge in [0.25, 0.3) is 0 Å². The fraction of sp³-hybridized carbons (Fsp3) is 0.857. The van der Waals surface area contributed by atoms with Crippen LogP contribution in [-0.2, 0) is 9.53 Å². The number of halogens is 3. The van der Waals surface area contributed by atoms with E-state index >= 15 is 0 Å². The highest BCUT2D eigenvalue weighted by Crippen LogP contribution is 2.14. The summed E-state index contributed by atoms with van der Waals surface area (Å²) in [4.78, 5) is 12.2. The highest BCUT2D eigenvalue weighted by molar-refractivity contribution is 5.78. The molecule has 0 radical (unpaired) electrons. The summed E-state index contributed by atoms with van der Waals surface area (Å²) in [5.74, 6) is -0.528. The number of hydrogen-bond donors (Lipinski definition) is 1. The molecule has 0 aromatic heterocycles. The SMILES string of the molecule is O=C(COCC(F)(F)F)N1CC(O)C1. The van der Waals surface area contributed by atoms with Crippen molar-refractivity contribution < 1.29 is 27.8 Å². The number of nitrogens with zero attached hydrogens (tertiary/aromatic N) is 1. The highest BCUT2D eigenvalue weighted by atomic mass is 19.4. The van der Waals surface area contributed by atoms with Gasteiger partial charge in [-0.3, -0.25) is 4.79 Å². The molecule has 1 amide bonds. The van der Waals surface area contributed by atoms with Gasteiger partial charge in [-0.1, -0.05) is 0 Å². The molecule has 14 heavy (non-hydrogen) atoms. The maximum atomic E-state index is 11.6. The number of alkyl halides is 3. The number of β-amino-alcohol motifs (C(OH)–C–C–N with tert-alkyl or cyclic N) is 1. The maximum absolute atomic E-state index is 11.6. The van der Waals surface area contributed by atoms with Gasteiger partial charge in [-0.25, -0.2) is 0 Å². The molecule has 1 N–H and O–H groups in total. The van der Waals surface area contributed by atoms with Gasteiger partial charge in [-0.05, 0) is 0 Å². The van der Waals surface area contributed by atoms with E-state index in [9.17, 15) is 18.0 Å². The van der Waals surface area contributed by atoms with Crippen LogP contribution in [0.5, 0.6) is 0 Å². The summed E-state index contributed by atoms with van der Waals surface area (Å²) in [6.45, 7) is -1.66. The number of likely N-dealkylation sites (tertiary alicyclic amines) is 1. The normalized spacial score (nSPS) is 18.1. The highest BCUT2D eigenvalue weighted by Gasteiger charge is 2.31. The first-order valence-electron chi connectivity index (χ1n) is 3.99. The van der Waals surface area contributed by atoms with Crippen molar-refractivity contribution in [3.63, 3.8) is 0 Å². The minimum Gasteiger partial charge on any atom is -0.389 e. The van der Waals surface area contributed by atoms with Gasteiger partial charge in [0.2, 0.25) is 5.91 Å². The fourth-order valence-corrected chi connectivity index (χ4v) is 1.00. The van der Waals surface area contributed by atoms with Gasteiger partial charge in [0, 0.05) is 13.1 Å². The lowest BCUT2D eigenvalue weighted by Gasteiger charge is -2.35. The van der Waals surface area contributed by atoms with Crippen LogP contribution in [0.2, 0.25) is 0 Å². The first kappa shape index (κ1) is 11.3. The van der Waals surface area contributed by atoms with Crippen molar-refractivity contribution in [2.45, 2.75) is 12.3 Å². The zero-order valence-corrected chi connectivity index (χ0v) is 7.25. The van der Waals surface area contributed by atoms with Crippen molar-refractivity contribution in [2.75, 3.05) is 26.3 Å². The minimum atomic E-state index is -4.41. The van der Waals surface area contributed by atoms with Gasteiger partial charge in [0.05, 0.1) is 6.10 Å². The third-order valence-corrected chi connectivity index (χ3v) is 1.71. The van der Waals surface area contributed by atoms with Crippen LogP contribution in [0.15, 0.2) is 0 Å². The van der Waals surface area contributed by atoms with E-state index in [1.165, 1.54) is 4.90 Å². The van der Waals surface area contributed by atoms with Crippen LogP contribution in [0.3, 0.4) is 0 Å². The Bertz CT molecular complexity index is 213. The van der Waals surface area contributed by atoms with E-state index in [1.54, 1.807) is 0 Å². The summed E-state index contributed by atoms with van der Waals surface area (Å²) >= 11 is 0. The number of amides is 1. The van der Waals surface area contributed by atoms with E-state index in [0.29, 0.717) is 0 Å². The molecular weight excluding hydrogens is 203 g/mol. The predicted molar refractivity (Wildman–Crippen MR) is 39.5 cm³/mol. The minimum absolute atomic E-state index is 0.175. The zero-order valence-electron chi connectivity index (χ0n) is 7.25. The number of carbonyl (C=O) groups excluding carboxylic acids is 1. The van der Waals surface area contributed by atoms with Crippen LogP contribution >= 0.6 is 0 Å². The molecule has 0 aliphatic carbocycles. The second-order valence-corrected chi connectivity index (χ2v) is 3.06. The van der Waals surface area contributed by atoms with E-state index in [0.717, 1.165) is 0 Å². The molecule has 0 bridgehead atoms. The predicted octanol–water partition coefficient (Wildman–Crippen LogP) is -0.232. The number of hydrogen-bond acceptors (Lipinski definition) is 3. The number of carbonyl (C=O) groups is 1. The smallest absolute Gasteiger partial charge is 0.389 e. The van der Waals surface area contributed by atoms with E-state index in [2.05, 4.69) is 4.74 Å². The number of rotatable bonds is 3. The molecule has 0 saturated carbocycles. The Morgan fingerprint density at radius 2 is 2.07 bits per heavy atom. The molecule has 0 aromatic rings. The number of ether oxygens (including phenoxy) is 1. The summed E-state index contributed by atoms with van der Waals surface area (Å²) < 4.78 is 38.9. The Kier molecular flexibility index (Phi) is 3.33. The maximum Gasteiger partial charge on any atom is 0.411 e. The largest absolute Gasteiger partial charge is 0.411 e. The quantitative estimate of drug-likeness (QED) is 0.704. The molecule has 82 valence electrons. The van der Waals surface area contributed by atoms with Gasteiger partial charge in [-0.15, -0.1) is 0 Å². The molecule has 1 fully saturated rings. The van der Waals surface area contributed by atoms with Crippen LogP contribution in [0.25, 0.3) is 0 Å². The topological polar surface area (TPSA) is 49.8 Å². The molecule has 0 unspecified atom stereocenters. The van der Waals surface area contributed by atoms with Crippen molar-refractivity contribution in [3.05, 3.63) is 0 Å². The van der Waals surface area contributed by atoms with E-state index in [1.807, 2.05) is 0 Å². The Morgan fingerprint density at radius 1 is 1.50 bits per heavy atom. The van der Waals surface area contributed by atoms with Crippen molar-refractivity contribution >= 4 is 5.91 Å². The summed E-state index contributed by atoms with van der Waals surface area (Å²) in [6.07, 6.45) is -4.96. The lowest BCUT2D eigenvalue weighted by atomic mass is 10.2. The number of aliphatic hydroxyl groups is 1. The molecule has 1 saturated heterocycles. The summed E-state index contributed by atoms with van der Waals surface area (Å²) in [5, 5.41) is 8.81. The fourth-order valence-electron chi connectivity index (χ4n) is 1.00. The van der Waals surface area contributed by atoms with Crippen molar-refractivity contribution in [3.8, 4) is 0 Å². The molecule has 1 aliphatic heterocycles. The van der Waals surface area contributed by atoms with Gasteiger partial charge in [0.15, 0.2) is 0 Å².